The molecule has 1 aromatic rings. The number of hydrogen-bond acceptors (Lipinski definition) is 4. The van der Waals surface area contributed by atoms with Gasteiger partial charge in [-0.05, 0) is 6.92 Å². The van der Waals surface area contributed by atoms with Crippen molar-refractivity contribution in [1.29, 1.82) is 0 Å². The van der Waals surface area contributed by atoms with Gasteiger partial charge in [0.2, 0.25) is 0 Å². The molecule has 6 heteroatoms. The largest absolute Gasteiger partial charge is 0.469 e. The fourth-order valence-electron chi connectivity index (χ4n) is 1.24. The Bertz CT molecular complexity index is 412. The van der Waals surface area contributed by atoms with Crippen LogP contribution in [0.15, 0.2) is 0 Å². The average molecular weight is 231 g/mol. The Hall–Kier alpha value is -1.36. The average Bonchev–Trinajstić information content (AvgIpc) is 2.41. The van der Waals surface area contributed by atoms with Gasteiger partial charge in [-0.25, -0.2) is 0 Å². The summed E-state index contributed by atoms with van der Waals surface area (Å²) >= 11 is 5.86. The van der Waals surface area contributed by atoms with Gasteiger partial charge in [-0.3, -0.25) is 14.3 Å². The van der Waals surface area contributed by atoms with Gasteiger partial charge in [0.25, 0.3) is 0 Å². The maximum absolute atomic E-state index is 11.6. The summed E-state index contributed by atoms with van der Waals surface area (Å²) in [6.45, 7) is 1.66. The summed E-state index contributed by atoms with van der Waals surface area (Å²) in [4.78, 5) is 22.5. The van der Waals surface area contributed by atoms with Gasteiger partial charge in [-0.15, -0.1) is 0 Å². The minimum absolute atomic E-state index is 0.237. The number of aromatic nitrogens is 2. The number of carbonyl (C=O) groups excluding carboxylic acids is 2. The minimum atomic E-state index is -0.584. The number of Topliss-reactive ketones (excluding diaryl/α,β-unsaturated/α-hetero) is 1. The van der Waals surface area contributed by atoms with Gasteiger partial charge in [-0.1, -0.05) is 11.6 Å². The van der Waals surface area contributed by atoms with Crippen LogP contribution in [-0.4, -0.2) is 28.6 Å². The van der Waals surface area contributed by atoms with E-state index in [-0.39, 0.29) is 22.9 Å². The highest BCUT2D eigenvalue weighted by Crippen LogP contribution is 2.20. The molecule has 0 aliphatic heterocycles. The van der Waals surface area contributed by atoms with E-state index in [1.807, 2.05) is 0 Å². The first-order valence-electron chi connectivity index (χ1n) is 4.26. The number of esters is 1. The number of rotatable bonds is 3. The molecule has 0 radical (unpaired) electrons. The first-order chi connectivity index (χ1) is 6.97. The molecule has 82 valence electrons. The summed E-state index contributed by atoms with van der Waals surface area (Å²) in [5.74, 6) is -0.961. The molecule has 0 aromatic carbocycles. The second kappa shape index (κ2) is 4.44. The van der Waals surface area contributed by atoms with Crippen molar-refractivity contribution in [3.63, 3.8) is 0 Å². The Morgan fingerprint density at radius 1 is 1.53 bits per heavy atom. The second-order valence-electron chi connectivity index (χ2n) is 3.05. The van der Waals surface area contributed by atoms with Crippen molar-refractivity contribution in [1.82, 2.24) is 9.78 Å². The molecule has 0 N–H and O–H groups in total. The Labute approximate surface area is 92.0 Å². The van der Waals surface area contributed by atoms with E-state index in [2.05, 4.69) is 9.84 Å². The van der Waals surface area contributed by atoms with E-state index in [1.54, 1.807) is 14.0 Å². The molecule has 0 saturated heterocycles. The van der Waals surface area contributed by atoms with Crippen molar-refractivity contribution in [2.45, 2.75) is 13.3 Å². The number of nitrogens with zero attached hydrogens (tertiary/aromatic N) is 2. The molecule has 0 atom stereocenters. The van der Waals surface area contributed by atoms with Crippen molar-refractivity contribution in [2.24, 2.45) is 7.05 Å². The summed E-state index contributed by atoms with van der Waals surface area (Å²) < 4.78 is 5.79. The lowest BCUT2D eigenvalue weighted by Crippen LogP contribution is -2.10. The van der Waals surface area contributed by atoms with E-state index in [9.17, 15) is 9.59 Å². The summed E-state index contributed by atoms with van der Waals surface area (Å²) in [6.07, 6.45) is -0.317. The highest BCUT2D eigenvalue weighted by molar-refractivity contribution is 6.33. The zero-order valence-corrected chi connectivity index (χ0v) is 9.46. The number of ether oxygens (including phenoxy) is 1. The van der Waals surface area contributed by atoms with E-state index in [0.717, 1.165) is 0 Å². The quantitative estimate of drug-likeness (QED) is 0.444. The fraction of sp³-hybridized carbons (Fsp3) is 0.444. The van der Waals surface area contributed by atoms with Crippen LogP contribution in [0.3, 0.4) is 0 Å². The third kappa shape index (κ3) is 2.36. The summed E-state index contributed by atoms with van der Waals surface area (Å²) in [5.41, 5.74) is 0.793. The van der Waals surface area contributed by atoms with E-state index in [4.69, 9.17) is 11.6 Å². The van der Waals surface area contributed by atoms with Crippen molar-refractivity contribution in [3.05, 3.63) is 16.4 Å². The van der Waals surface area contributed by atoms with E-state index in [0.29, 0.717) is 5.69 Å². The van der Waals surface area contributed by atoms with Crippen LogP contribution < -0.4 is 0 Å². The normalized spacial score (nSPS) is 10.1. The molecule has 0 aliphatic rings. The molecule has 15 heavy (non-hydrogen) atoms. The van der Waals surface area contributed by atoms with Crippen LogP contribution in [0.5, 0.6) is 0 Å². The van der Waals surface area contributed by atoms with Crippen molar-refractivity contribution >= 4 is 23.4 Å². The van der Waals surface area contributed by atoms with Gasteiger partial charge in [0.05, 0.1) is 18.4 Å². The van der Waals surface area contributed by atoms with Crippen LogP contribution >= 0.6 is 11.6 Å². The number of halogens is 1. The molecule has 0 aliphatic carbocycles. The lowest BCUT2D eigenvalue weighted by atomic mass is 10.1. The van der Waals surface area contributed by atoms with E-state index >= 15 is 0 Å². The van der Waals surface area contributed by atoms with E-state index < -0.39 is 5.97 Å². The molecule has 1 rings (SSSR count). The van der Waals surface area contributed by atoms with Gasteiger partial charge in [0.1, 0.15) is 11.6 Å². The summed E-state index contributed by atoms with van der Waals surface area (Å²) in [6, 6.07) is 0. The Morgan fingerprint density at radius 3 is 2.53 bits per heavy atom. The Kier molecular flexibility index (Phi) is 3.47. The van der Waals surface area contributed by atoms with Gasteiger partial charge < -0.3 is 4.74 Å². The fourth-order valence-corrected chi connectivity index (χ4v) is 1.52. The molecular weight excluding hydrogens is 220 g/mol. The molecule has 5 nitrogen and oxygen atoms in total. The predicted octanol–water partition coefficient (Wildman–Crippen LogP) is 1.13. The molecule has 1 heterocycles. The topological polar surface area (TPSA) is 61.2 Å². The third-order valence-corrected chi connectivity index (χ3v) is 2.40. The molecule has 0 spiro atoms. The maximum atomic E-state index is 11.6. The Morgan fingerprint density at radius 2 is 2.13 bits per heavy atom. The smallest absolute Gasteiger partial charge is 0.313 e. The second-order valence-corrected chi connectivity index (χ2v) is 3.41. The highest BCUT2D eigenvalue weighted by atomic mass is 35.5. The molecule has 0 fully saturated rings. The highest BCUT2D eigenvalue weighted by Gasteiger charge is 2.21. The molecule has 0 bridgehead atoms. The van der Waals surface area contributed by atoms with Crippen LogP contribution in [0.4, 0.5) is 0 Å². The molecule has 0 amide bonds. The van der Waals surface area contributed by atoms with Gasteiger partial charge >= 0.3 is 5.97 Å². The van der Waals surface area contributed by atoms with Crippen LogP contribution in [-0.2, 0) is 16.6 Å². The summed E-state index contributed by atoms with van der Waals surface area (Å²) in [7, 11) is 2.86. The number of methoxy groups -OCH3 is 1. The number of aryl methyl sites for hydroxylation is 2. The lowest BCUT2D eigenvalue weighted by Gasteiger charge is -1.99. The van der Waals surface area contributed by atoms with Crippen LogP contribution in [0.2, 0.25) is 5.15 Å². The van der Waals surface area contributed by atoms with Crippen LogP contribution in [0, 0.1) is 6.92 Å². The molecule has 0 unspecified atom stereocenters. The number of hydrogen-bond donors (Lipinski definition) is 0. The van der Waals surface area contributed by atoms with Crippen molar-refractivity contribution in [3.8, 4) is 0 Å². The van der Waals surface area contributed by atoms with Crippen molar-refractivity contribution < 1.29 is 14.3 Å². The third-order valence-electron chi connectivity index (χ3n) is 1.96. The monoisotopic (exact) mass is 230 g/mol. The van der Waals surface area contributed by atoms with Crippen LogP contribution in [0.1, 0.15) is 22.5 Å². The van der Waals surface area contributed by atoms with Crippen LogP contribution in [0.25, 0.3) is 0 Å². The maximum Gasteiger partial charge on any atom is 0.313 e. The molecule has 1 aromatic heterocycles. The standard InChI is InChI=1S/C9H11ClN2O3/c1-5-8(9(10)12(2)11-5)6(13)4-7(14)15-3/h4H2,1-3H3. The number of carbonyl (C=O) groups is 2. The Balaban J connectivity index is 2.96. The first-order valence-corrected chi connectivity index (χ1v) is 4.64. The zero-order valence-electron chi connectivity index (χ0n) is 8.70. The van der Waals surface area contributed by atoms with E-state index in [1.165, 1.54) is 11.8 Å². The SMILES string of the molecule is COC(=O)CC(=O)c1c(C)nn(C)c1Cl. The minimum Gasteiger partial charge on any atom is -0.469 e. The molecule has 0 saturated carbocycles. The van der Waals surface area contributed by atoms with Gasteiger partial charge in [0.15, 0.2) is 5.78 Å². The summed E-state index contributed by atoms with van der Waals surface area (Å²) in [5, 5.41) is 4.21. The molecular formula is C9H11ClN2O3. The van der Waals surface area contributed by atoms with Gasteiger partial charge in [0, 0.05) is 7.05 Å². The first kappa shape index (κ1) is 11.7. The number of ketones is 1. The van der Waals surface area contributed by atoms with Gasteiger partial charge in [-0.2, -0.15) is 5.10 Å². The predicted molar refractivity (Wildman–Crippen MR) is 53.9 cm³/mol. The van der Waals surface area contributed by atoms with Crippen molar-refractivity contribution in [2.75, 3.05) is 7.11 Å². The lowest BCUT2D eigenvalue weighted by molar-refractivity contribution is -0.139. The zero-order chi connectivity index (χ0) is 11.6.